The zero-order chi connectivity index (χ0) is 13.9. The lowest BCUT2D eigenvalue weighted by Gasteiger charge is -2.10. The quantitative estimate of drug-likeness (QED) is 0.795. The van der Waals surface area contributed by atoms with Crippen molar-refractivity contribution in [1.82, 2.24) is 10.2 Å². The summed E-state index contributed by atoms with van der Waals surface area (Å²) in [6, 6.07) is 12.3. The minimum absolute atomic E-state index is 0.721. The van der Waals surface area contributed by atoms with Gasteiger partial charge in [0.1, 0.15) is 10.8 Å². The van der Waals surface area contributed by atoms with Crippen molar-refractivity contribution in [3.8, 4) is 5.75 Å². The molecule has 102 valence electrons. The van der Waals surface area contributed by atoms with Gasteiger partial charge >= 0.3 is 0 Å². The Hall–Kier alpha value is -2.14. The monoisotopic (exact) mass is 285 g/mol. The number of anilines is 1. The Bertz CT molecular complexity index is 739. The molecule has 4 nitrogen and oxygen atoms in total. The second kappa shape index (κ2) is 5.46. The van der Waals surface area contributed by atoms with Crippen LogP contribution >= 0.6 is 11.3 Å². The number of nitrogens with one attached hydrogen (secondary N) is 1. The van der Waals surface area contributed by atoms with Crippen molar-refractivity contribution in [2.75, 3.05) is 12.4 Å². The summed E-state index contributed by atoms with van der Waals surface area (Å²) < 4.78 is 5.41. The van der Waals surface area contributed by atoms with Crippen LogP contribution in [-0.2, 0) is 6.54 Å². The van der Waals surface area contributed by atoms with E-state index in [4.69, 9.17) is 4.74 Å². The van der Waals surface area contributed by atoms with Gasteiger partial charge in [0.2, 0.25) is 5.13 Å². The minimum atomic E-state index is 0.721. The van der Waals surface area contributed by atoms with Crippen molar-refractivity contribution in [3.05, 3.63) is 47.0 Å². The summed E-state index contributed by atoms with van der Waals surface area (Å²) in [7, 11) is 1.70. The molecule has 0 amide bonds. The van der Waals surface area contributed by atoms with Crippen LogP contribution in [0.1, 0.15) is 10.6 Å². The summed E-state index contributed by atoms with van der Waals surface area (Å²) in [6.07, 6.45) is 0. The highest BCUT2D eigenvalue weighted by atomic mass is 32.1. The highest BCUT2D eigenvalue weighted by Gasteiger charge is 2.06. The molecule has 0 aliphatic heterocycles. The maximum atomic E-state index is 5.41. The van der Waals surface area contributed by atoms with Crippen LogP contribution in [-0.4, -0.2) is 17.3 Å². The van der Waals surface area contributed by atoms with E-state index in [1.165, 1.54) is 10.9 Å². The van der Waals surface area contributed by atoms with E-state index >= 15 is 0 Å². The maximum absolute atomic E-state index is 5.41. The van der Waals surface area contributed by atoms with Gasteiger partial charge in [0.05, 0.1) is 7.11 Å². The molecule has 0 fully saturated rings. The third kappa shape index (κ3) is 2.44. The standard InChI is InChI=1S/C15H15N3OS/c1-10-17-18-15(20-10)16-9-11-7-8-14(19-2)13-6-4-3-5-12(11)13/h3-8H,9H2,1-2H3,(H,16,18). The molecule has 0 aliphatic rings. The largest absolute Gasteiger partial charge is 0.496 e. The predicted octanol–water partition coefficient (Wildman–Crippen LogP) is 3.62. The van der Waals surface area contributed by atoms with E-state index in [0.29, 0.717) is 0 Å². The molecule has 1 N–H and O–H groups in total. The van der Waals surface area contributed by atoms with Gasteiger partial charge in [-0.05, 0) is 23.9 Å². The summed E-state index contributed by atoms with van der Waals surface area (Å²) in [5.74, 6) is 0.899. The topological polar surface area (TPSA) is 47.0 Å². The molecule has 3 rings (SSSR count). The van der Waals surface area contributed by atoms with E-state index in [2.05, 4.69) is 33.7 Å². The molecule has 0 unspecified atom stereocenters. The summed E-state index contributed by atoms with van der Waals surface area (Å²) in [5, 5.41) is 15.5. The molecule has 0 bridgehead atoms. The average Bonchev–Trinajstić information content (AvgIpc) is 2.90. The van der Waals surface area contributed by atoms with Crippen molar-refractivity contribution < 1.29 is 4.74 Å². The number of hydrogen-bond donors (Lipinski definition) is 1. The van der Waals surface area contributed by atoms with Gasteiger partial charge in [0, 0.05) is 11.9 Å². The molecule has 0 saturated heterocycles. The fourth-order valence-corrected chi connectivity index (χ4v) is 2.79. The molecule has 0 saturated carbocycles. The van der Waals surface area contributed by atoms with Gasteiger partial charge in [-0.15, -0.1) is 10.2 Å². The Morgan fingerprint density at radius 1 is 1.10 bits per heavy atom. The summed E-state index contributed by atoms with van der Waals surface area (Å²) in [5.41, 5.74) is 1.22. The van der Waals surface area contributed by atoms with Crippen LogP contribution in [0.3, 0.4) is 0 Å². The number of methoxy groups -OCH3 is 1. The second-order valence-electron chi connectivity index (χ2n) is 4.45. The average molecular weight is 285 g/mol. The van der Waals surface area contributed by atoms with Crippen LogP contribution in [0.4, 0.5) is 5.13 Å². The van der Waals surface area contributed by atoms with Gasteiger partial charge in [-0.2, -0.15) is 0 Å². The lowest BCUT2D eigenvalue weighted by Crippen LogP contribution is -2.00. The van der Waals surface area contributed by atoms with Crippen LogP contribution in [0.5, 0.6) is 5.75 Å². The van der Waals surface area contributed by atoms with Gasteiger partial charge in [-0.3, -0.25) is 0 Å². The van der Waals surface area contributed by atoms with Gasteiger partial charge in [0.25, 0.3) is 0 Å². The first-order valence-corrected chi connectivity index (χ1v) is 7.18. The summed E-state index contributed by atoms with van der Waals surface area (Å²) in [6.45, 7) is 2.67. The van der Waals surface area contributed by atoms with Crippen LogP contribution in [0.15, 0.2) is 36.4 Å². The number of rotatable bonds is 4. The van der Waals surface area contributed by atoms with Gasteiger partial charge in [-0.1, -0.05) is 41.7 Å². The predicted molar refractivity (Wildman–Crippen MR) is 82.5 cm³/mol. The second-order valence-corrected chi connectivity index (χ2v) is 5.63. The number of aromatic nitrogens is 2. The van der Waals surface area contributed by atoms with Crippen LogP contribution in [0, 0.1) is 6.92 Å². The molecule has 5 heteroatoms. The SMILES string of the molecule is COc1ccc(CNc2nnc(C)s2)c2ccccc12. The molecular weight excluding hydrogens is 270 g/mol. The van der Waals surface area contributed by atoms with E-state index in [9.17, 15) is 0 Å². The van der Waals surface area contributed by atoms with Crippen molar-refractivity contribution >= 4 is 27.2 Å². The molecule has 0 aliphatic carbocycles. The third-order valence-corrected chi connectivity index (χ3v) is 3.95. The maximum Gasteiger partial charge on any atom is 0.205 e. The minimum Gasteiger partial charge on any atom is -0.496 e. The smallest absolute Gasteiger partial charge is 0.205 e. The number of aryl methyl sites for hydroxylation is 1. The van der Waals surface area contributed by atoms with Crippen LogP contribution in [0.2, 0.25) is 0 Å². The van der Waals surface area contributed by atoms with Gasteiger partial charge in [-0.25, -0.2) is 0 Å². The molecule has 1 heterocycles. The number of hydrogen-bond acceptors (Lipinski definition) is 5. The van der Waals surface area contributed by atoms with Crippen LogP contribution < -0.4 is 10.1 Å². The highest BCUT2D eigenvalue weighted by Crippen LogP contribution is 2.28. The molecular formula is C15H15N3OS. The van der Waals surface area contributed by atoms with Gasteiger partial charge in [0.15, 0.2) is 0 Å². The molecule has 20 heavy (non-hydrogen) atoms. The third-order valence-electron chi connectivity index (χ3n) is 3.15. The zero-order valence-corrected chi connectivity index (χ0v) is 12.2. The first-order chi connectivity index (χ1) is 9.78. The highest BCUT2D eigenvalue weighted by molar-refractivity contribution is 7.15. The van der Waals surface area contributed by atoms with E-state index in [1.54, 1.807) is 18.4 Å². The van der Waals surface area contributed by atoms with E-state index in [-0.39, 0.29) is 0 Å². The Kier molecular flexibility index (Phi) is 3.52. The Morgan fingerprint density at radius 3 is 2.60 bits per heavy atom. The van der Waals surface area contributed by atoms with Crippen molar-refractivity contribution in [2.45, 2.75) is 13.5 Å². The van der Waals surface area contributed by atoms with Crippen LogP contribution in [0.25, 0.3) is 10.8 Å². The Balaban J connectivity index is 1.92. The molecule has 3 aromatic rings. The summed E-state index contributed by atoms with van der Waals surface area (Å²) in [4.78, 5) is 0. The first kappa shape index (κ1) is 12.9. The van der Waals surface area contributed by atoms with E-state index in [0.717, 1.165) is 27.8 Å². The van der Waals surface area contributed by atoms with E-state index in [1.807, 2.05) is 25.1 Å². The lowest BCUT2D eigenvalue weighted by atomic mass is 10.0. The number of ether oxygens (including phenoxy) is 1. The first-order valence-electron chi connectivity index (χ1n) is 6.36. The number of fused-ring (bicyclic) bond motifs is 1. The summed E-state index contributed by atoms with van der Waals surface area (Å²) >= 11 is 1.56. The van der Waals surface area contributed by atoms with Crippen molar-refractivity contribution in [2.24, 2.45) is 0 Å². The molecule has 2 aromatic carbocycles. The molecule has 1 aromatic heterocycles. The fraction of sp³-hybridized carbons (Fsp3) is 0.200. The zero-order valence-electron chi connectivity index (χ0n) is 11.4. The Morgan fingerprint density at radius 2 is 1.90 bits per heavy atom. The lowest BCUT2D eigenvalue weighted by molar-refractivity contribution is 0.419. The molecule has 0 atom stereocenters. The van der Waals surface area contributed by atoms with Crippen molar-refractivity contribution in [3.63, 3.8) is 0 Å². The fourth-order valence-electron chi connectivity index (χ4n) is 2.20. The van der Waals surface area contributed by atoms with Crippen molar-refractivity contribution in [1.29, 1.82) is 0 Å². The normalized spacial score (nSPS) is 10.7. The molecule has 0 radical (unpaired) electrons. The molecule has 0 spiro atoms. The Labute approximate surface area is 121 Å². The van der Waals surface area contributed by atoms with E-state index < -0.39 is 0 Å². The number of benzene rings is 2. The number of nitrogens with zero attached hydrogens (tertiary/aromatic N) is 2. The van der Waals surface area contributed by atoms with Gasteiger partial charge < -0.3 is 10.1 Å².